The van der Waals surface area contributed by atoms with Gasteiger partial charge >= 0.3 is 0 Å². The van der Waals surface area contributed by atoms with Crippen molar-refractivity contribution in [1.29, 1.82) is 0 Å². The summed E-state index contributed by atoms with van der Waals surface area (Å²) in [7, 11) is 0. The van der Waals surface area contributed by atoms with Gasteiger partial charge < -0.3 is 0 Å². The normalized spacial score (nSPS) is 22.1. The fraction of sp³-hybridized carbons (Fsp3) is 1.00. The molecule has 1 nitrogen and oxygen atoms in total. The smallest absolute Gasteiger partial charge is 0.0169 e. The Balaban J connectivity index is 2.06. The van der Waals surface area contributed by atoms with Gasteiger partial charge in [0.15, 0.2) is 0 Å². The standard InChI is InChI=1S/C6H12IN/c7-8-5-6-3-1-2-4-6/h6,8H,1-5H2. The third kappa shape index (κ3) is 1.90. The summed E-state index contributed by atoms with van der Waals surface area (Å²) in [6.45, 7) is 1.22. The largest absolute Gasteiger partial charge is 0.261 e. The van der Waals surface area contributed by atoms with E-state index in [9.17, 15) is 0 Å². The lowest BCUT2D eigenvalue weighted by Crippen LogP contribution is -2.10. The predicted molar refractivity (Wildman–Crippen MR) is 44.0 cm³/mol. The lowest BCUT2D eigenvalue weighted by atomic mass is 10.1. The molecule has 0 atom stereocenters. The molecule has 0 aromatic heterocycles. The summed E-state index contributed by atoms with van der Waals surface area (Å²) >= 11 is 2.23. The molecule has 0 bridgehead atoms. The van der Waals surface area contributed by atoms with Gasteiger partial charge in [0.25, 0.3) is 0 Å². The van der Waals surface area contributed by atoms with E-state index in [0.29, 0.717) is 0 Å². The molecule has 1 rings (SSSR count). The first-order chi connectivity index (χ1) is 3.93. The Morgan fingerprint density at radius 1 is 1.38 bits per heavy atom. The monoisotopic (exact) mass is 225 g/mol. The van der Waals surface area contributed by atoms with Crippen molar-refractivity contribution in [2.24, 2.45) is 5.92 Å². The Hall–Kier alpha value is 0.690. The molecule has 0 amide bonds. The molecule has 1 aliphatic carbocycles. The Bertz CT molecular complexity index is 59.5. The Morgan fingerprint density at radius 2 is 2.00 bits per heavy atom. The number of nitrogens with one attached hydrogen (secondary N) is 1. The van der Waals surface area contributed by atoms with Crippen LogP contribution in [0.3, 0.4) is 0 Å². The average molecular weight is 225 g/mol. The summed E-state index contributed by atoms with van der Waals surface area (Å²) in [6.07, 6.45) is 5.83. The average Bonchev–Trinajstić information content (AvgIpc) is 2.19. The zero-order valence-corrected chi connectivity index (χ0v) is 7.15. The zero-order valence-electron chi connectivity index (χ0n) is 4.99. The topological polar surface area (TPSA) is 12.0 Å². The number of hydrogen-bond donors (Lipinski definition) is 1. The van der Waals surface area contributed by atoms with Crippen LogP contribution < -0.4 is 3.53 Å². The van der Waals surface area contributed by atoms with Crippen molar-refractivity contribution in [2.75, 3.05) is 6.54 Å². The van der Waals surface area contributed by atoms with E-state index >= 15 is 0 Å². The molecule has 0 saturated heterocycles. The second-order valence-electron chi connectivity index (χ2n) is 2.49. The summed E-state index contributed by atoms with van der Waals surface area (Å²) in [5, 5.41) is 0. The quantitative estimate of drug-likeness (QED) is 0.560. The van der Waals surface area contributed by atoms with Crippen LogP contribution in [0.5, 0.6) is 0 Å². The van der Waals surface area contributed by atoms with Crippen molar-refractivity contribution in [1.82, 2.24) is 3.53 Å². The summed E-state index contributed by atoms with van der Waals surface area (Å²) in [5.74, 6) is 0.992. The summed E-state index contributed by atoms with van der Waals surface area (Å²) in [5.41, 5.74) is 0. The zero-order chi connectivity index (χ0) is 5.82. The lowest BCUT2D eigenvalue weighted by Gasteiger charge is -2.03. The molecule has 0 aromatic carbocycles. The maximum absolute atomic E-state index is 3.18. The van der Waals surface area contributed by atoms with Crippen LogP contribution in [0.15, 0.2) is 0 Å². The Morgan fingerprint density at radius 3 is 2.50 bits per heavy atom. The predicted octanol–water partition coefficient (Wildman–Crippen LogP) is 2.12. The highest BCUT2D eigenvalue weighted by atomic mass is 127. The fourth-order valence-corrected chi connectivity index (χ4v) is 1.95. The number of rotatable bonds is 2. The van der Waals surface area contributed by atoms with E-state index in [1.54, 1.807) is 0 Å². The van der Waals surface area contributed by atoms with Gasteiger partial charge in [0.1, 0.15) is 0 Å². The van der Waals surface area contributed by atoms with E-state index < -0.39 is 0 Å². The van der Waals surface area contributed by atoms with Crippen molar-refractivity contribution < 1.29 is 0 Å². The van der Waals surface area contributed by atoms with Crippen molar-refractivity contribution in [3.8, 4) is 0 Å². The summed E-state index contributed by atoms with van der Waals surface area (Å²) in [6, 6.07) is 0. The molecule has 2 heteroatoms. The maximum atomic E-state index is 3.18. The van der Waals surface area contributed by atoms with Gasteiger partial charge in [-0.3, -0.25) is 3.53 Å². The van der Waals surface area contributed by atoms with Crippen LogP contribution in [0.1, 0.15) is 25.7 Å². The van der Waals surface area contributed by atoms with Gasteiger partial charge in [0, 0.05) is 29.4 Å². The highest BCUT2D eigenvalue weighted by Crippen LogP contribution is 2.23. The molecule has 8 heavy (non-hydrogen) atoms. The molecule has 1 aliphatic rings. The third-order valence-corrected chi connectivity index (χ3v) is 2.28. The summed E-state index contributed by atoms with van der Waals surface area (Å²) < 4.78 is 3.18. The molecule has 0 unspecified atom stereocenters. The van der Waals surface area contributed by atoms with Crippen molar-refractivity contribution in [2.45, 2.75) is 25.7 Å². The fourth-order valence-electron chi connectivity index (χ4n) is 1.32. The first kappa shape index (κ1) is 6.81. The molecule has 1 N–H and O–H groups in total. The van der Waals surface area contributed by atoms with E-state index in [1.165, 1.54) is 32.2 Å². The third-order valence-electron chi connectivity index (χ3n) is 1.84. The minimum absolute atomic E-state index is 0.992. The van der Waals surface area contributed by atoms with E-state index in [0.717, 1.165) is 5.92 Å². The van der Waals surface area contributed by atoms with Crippen molar-refractivity contribution >= 4 is 22.9 Å². The van der Waals surface area contributed by atoms with Gasteiger partial charge in [0.05, 0.1) is 0 Å². The maximum Gasteiger partial charge on any atom is 0.0169 e. The second kappa shape index (κ2) is 3.67. The molecule has 0 spiro atoms. The van der Waals surface area contributed by atoms with Crippen LogP contribution in [0.4, 0.5) is 0 Å². The molecule has 48 valence electrons. The Labute approximate surface area is 64.7 Å². The molecular weight excluding hydrogens is 213 g/mol. The molecule has 1 saturated carbocycles. The molecular formula is C6H12IN. The van der Waals surface area contributed by atoms with Gasteiger partial charge in [-0.2, -0.15) is 0 Å². The van der Waals surface area contributed by atoms with Crippen molar-refractivity contribution in [3.05, 3.63) is 0 Å². The Kier molecular flexibility index (Phi) is 3.12. The molecule has 0 radical (unpaired) electrons. The van der Waals surface area contributed by atoms with Gasteiger partial charge in [-0.25, -0.2) is 0 Å². The van der Waals surface area contributed by atoms with Gasteiger partial charge in [-0.05, 0) is 18.8 Å². The van der Waals surface area contributed by atoms with Gasteiger partial charge in [-0.1, -0.05) is 12.8 Å². The van der Waals surface area contributed by atoms with Gasteiger partial charge in [-0.15, -0.1) is 0 Å². The highest BCUT2D eigenvalue weighted by molar-refractivity contribution is 14.1. The first-order valence-electron chi connectivity index (χ1n) is 3.27. The molecule has 1 fully saturated rings. The second-order valence-corrected chi connectivity index (χ2v) is 3.25. The van der Waals surface area contributed by atoms with E-state index in [-0.39, 0.29) is 0 Å². The van der Waals surface area contributed by atoms with Gasteiger partial charge in [0.2, 0.25) is 0 Å². The highest BCUT2D eigenvalue weighted by Gasteiger charge is 2.12. The molecule has 0 heterocycles. The molecule has 0 aliphatic heterocycles. The van der Waals surface area contributed by atoms with E-state index in [2.05, 4.69) is 26.4 Å². The van der Waals surface area contributed by atoms with Crippen LogP contribution in [0.2, 0.25) is 0 Å². The van der Waals surface area contributed by atoms with E-state index in [4.69, 9.17) is 0 Å². The summed E-state index contributed by atoms with van der Waals surface area (Å²) in [4.78, 5) is 0. The van der Waals surface area contributed by atoms with Crippen LogP contribution in [-0.4, -0.2) is 6.54 Å². The number of hydrogen-bond acceptors (Lipinski definition) is 1. The van der Waals surface area contributed by atoms with Crippen LogP contribution in [0.25, 0.3) is 0 Å². The minimum Gasteiger partial charge on any atom is -0.261 e. The SMILES string of the molecule is INCC1CCCC1. The van der Waals surface area contributed by atoms with E-state index in [1.807, 2.05) is 0 Å². The minimum atomic E-state index is 0.992. The first-order valence-corrected chi connectivity index (χ1v) is 4.35. The van der Waals surface area contributed by atoms with Crippen LogP contribution >= 0.6 is 22.9 Å². The van der Waals surface area contributed by atoms with Crippen molar-refractivity contribution in [3.63, 3.8) is 0 Å². The lowest BCUT2D eigenvalue weighted by molar-refractivity contribution is 0.552. The van der Waals surface area contributed by atoms with Crippen LogP contribution in [-0.2, 0) is 0 Å². The van der Waals surface area contributed by atoms with Crippen LogP contribution in [0, 0.1) is 5.92 Å². The molecule has 0 aromatic rings. The number of halogens is 1.